The first-order chi connectivity index (χ1) is 7.65. The van der Waals surface area contributed by atoms with Crippen LogP contribution in [0.5, 0.6) is 0 Å². The molecule has 0 aliphatic carbocycles. The van der Waals surface area contributed by atoms with Crippen molar-refractivity contribution in [3.05, 3.63) is 11.7 Å². The van der Waals surface area contributed by atoms with Gasteiger partial charge in [0.05, 0.1) is 12.5 Å². The average molecular weight is 224 g/mol. The molecule has 0 saturated carbocycles. The standard InChI is InChI=1S/C10H16N4O2/c1-7-12-9(13-16-7)6-14-4-2-3-8(5-14)10(11)15/h8H,2-6H2,1H3,(H2,11,15). The van der Waals surface area contributed by atoms with E-state index in [1.807, 2.05) is 0 Å². The number of hydrogen-bond donors (Lipinski definition) is 1. The second-order valence-electron chi connectivity index (χ2n) is 4.21. The third-order valence-electron chi connectivity index (χ3n) is 2.84. The maximum Gasteiger partial charge on any atom is 0.223 e. The van der Waals surface area contributed by atoms with Crippen molar-refractivity contribution in [2.75, 3.05) is 13.1 Å². The molecule has 88 valence electrons. The minimum absolute atomic E-state index is 0.0400. The van der Waals surface area contributed by atoms with Crippen LogP contribution < -0.4 is 5.73 Å². The zero-order chi connectivity index (χ0) is 11.5. The maximum atomic E-state index is 11.1. The number of carbonyl (C=O) groups excluding carboxylic acids is 1. The van der Waals surface area contributed by atoms with Crippen molar-refractivity contribution < 1.29 is 9.32 Å². The van der Waals surface area contributed by atoms with Crippen molar-refractivity contribution in [1.29, 1.82) is 0 Å². The van der Waals surface area contributed by atoms with Gasteiger partial charge in [0.15, 0.2) is 5.82 Å². The number of rotatable bonds is 3. The number of nitrogens with two attached hydrogens (primary N) is 1. The Morgan fingerprint density at radius 3 is 3.12 bits per heavy atom. The van der Waals surface area contributed by atoms with Gasteiger partial charge in [-0.15, -0.1) is 0 Å². The van der Waals surface area contributed by atoms with Gasteiger partial charge in [0.1, 0.15) is 0 Å². The summed E-state index contributed by atoms with van der Waals surface area (Å²) in [6.45, 7) is 4.04. The number of nitrogens with zero attached hydrogens (tertiary/aromatic N) is 3. The number of likely N-dealkylation sites (tertiary alicyclic amines) is 1. The zero-order valence-corrected chi connectivity index (χ0v) is 9.35. The van der Waals surface area contributed by atoms with E-state index in [2.05, 4.69) is 15.0 Å². The third-order valence-corrected chi connectivity index (χ3v) is 2.84. The van der Waals surface area contributed by atoms with Crippen LogP contribution in [-0.4, -0.2) is 34.0 Å². The quantitative estimate of drug-likeness (QED) is 0.785. The molecule has 0 spiro atoms. The van der Waals surface area contributed by atoms with Gasteiger partial charge >= 0.3 is 0 Å². The van der Waals surface area contributed by atoms with Gasteiger partial charge in [0, 0.05) is 13.5 Å². The van der Waals surface area contributed by atoms with Gasteiger partial charge in [-0.05, 0) is 19.4 Å². The second kappa shape index (κ2) is 4.61. The molecule has 1 aromatic rings. The van der Waals surface area contributed by atoms with Gasteiger partial charge in [-0.3, -0.25) is 9.69 Å². The molecule has 0 aromatic carbocycles. The van der Waals surface area contributed by atoms with Crippen molar-refractivity contribution in [3.63, 3.8) is 0 Å². The molecule has 1 saturated heterocycles. The fourth-order valence-corrected chi connectivity index (χ4v) is 2.04. The van der Waals surface area contributed by atoms with Gasteiger partial charge in [-0.2, -0.15) is 4.98 Å². The van der Waals surface area contributed by atoms with E-state index in [0.29, 0.717) is 24.8 Å². The Bertz CT molecular complexity index is 377. The fraction of sp³-hybridized carbons (Fsp3) is 0.700. The summed E-state index contributed by atoms with van der Waals surface area (Å²) in [5.41, 5.74) is 5.31. The number of hydrogen-bond acceptors (Lipinski definition) is 5. The molecule has 0 radical (unpaired) electrons. The molecule has 1 aromatic heterocycles. The first-order valence-electron chi connectivity index (χ1n) is 5.46. The number of primary amides is 1. The summed E-state index contributed by atoms with van der Waals surface area (Å²) >= 11 is 0. The first-order valence-corrected chi connectivity index (χ1v) is 5.46. The molecule has 6 nitrogen and oxygen atoms in total. The molecule has 2 N–H and O–H groups in total. The number of amides is 1. The Hall–Kier alpha value is -1.43. The number of carbonyl (C=O) groups is 1. The Morgan fingerprint density at radius 2 is 2.50 bits per heavy atom. The number of aromatic nitrogens is 2. The van der Waals surface area contributed by atoms with E-state index >= 15 is 0 Å². The number of aryl methyl sites for hydroxylation is 1. The van der Waals surface area contributed by atoms with Crippen LogP contribution >= 0.6 is 0 Å². The number of piperidine rings is 1. The Labute approximate surface area is 93.8 Å². The van der Waals surface area contributed by atoms with Crippen LogP contribution in [0.3, 0.4) is 0 Å². The van der Waals surface area contributed by atoms with Gasteiger partial charge in [0.25, 0.3) is 0 Å². The molecule has 1 fully saturated rings. The van der Waals surface area contributed by atoms with Crippen LogP contribution in [0.15, 0.2) is 4.52 Å². The summed E-state index contributed by atoms with van der Waals surface area (Å²) in [6, 6.07) is 0. The minimum atomic E-state index is -0.214. The second-order valence-corrected chi connectivity index (χ2v) is 4.21. The molecular weight excluding hydrogens is 208 g/mol. The zero-order valence-electron chi connectivity index (χ0n) is 9.35. The molecule has 1 aliphatic rings. The summed E-state index contributed by atoms with van der Waals surface area (Å²) in [4.78, 5) is 17.4. The van der Waals surface area contributed by atoms with Crippen LogP contribution in [0.1, 0.15) is 24.6 Å². The monoisotopic (exact) mass is 224 g/mol. The summed E-state index contributed by atoms with van der Waals surface area (Å²) in [6.07, 6.45) is 1.88. The third kappa shape index (κ3) is 2.57. The molecule has 2 rings (SSSR count). The van der Waals surface area contributed by atoms with Crippen LogP contribution in [0.25, 0.3) is 0 Å². The highest BCUT2D eigenvalue weighted by Crippen LogP contribution is 2.17. The van der Waals surface area contributed by atoms with E-state index in [1.165, 1.54) is 0 Å². The van der Waals surface area contributed by atoms with E-state index in [1.54, 1.807) is 6.92 Å². The van der Waals surface area contributed by atoms with Crippen molar-refractivity contribution >= 4 is 5.91 Å². The largest absolute Gasteiger partial charge is 0.369 e. The molecular formula is C10H16N4O2. The van der Waals surface area contributed by atoms with Crippen molar-refractivity contribution in [3.8, 4) is 0 Å². The Morgan fingerprint density at radius 1 is 1.69 bits per heavy atom. The minimum Gasteiger partial charge on any atom is -0.369 e. The SMILES string of the molecule is Cc1nc(CN2CCCC(C(N)=O)C2)no1. The van der Waals surface area contributed by atoms with E-state index in [4.69, 9.17) is 10.3 Å². The van der Waals surface area contributed by atoms with Crippen LogP contribution in [0, 0.1) is 12.8 Å². The average Bonchev–Trinajstić information content (AvgIpc) is 2.64. The van der Waals surface area contributed by atoms with Gasteiger partial charge in [-0.1, -0.05) is 5.16 Å². The summed E-state index contributed by atoms with van der Waals surface area (Å²) in [5, 5.41) is 3.84. The van der Waals surface area contributed by atoms with Crippen LogP contribution in [0.4, 0.5) is 0 Å². The molecule has 0 bridgehead atoms. The lowest BCUT2D eigenvalue weighted by Crippen LogP contribution is -2.40. The fourth-order valence-electron chi connectivity index (χ4n) is 2.04. The van der Waals surface area contributed by atoms with E-state index < -0.39 is 0 Å². The lowest BCUT2D eigenvalue weighted by atomic mass is 9.97. The highest BCUT2D eigenvalue weighted by atomic mass is 16.5. The first kappa shape index (κ1) is 11.1. The van der Waals surface area contributed by atoms with Gasteiger partial charge in [-0.25, -0.2) is 0 Å². The molecule has 1 aliphatic heterocycles. The molecule has 1 atom stereocenters. The van der Waals surface area contributed by atoms with Crippen LogP contribution in [-0.2, 0) is 11.3 Å². The Kier molecular flexibility index (Phi) is 3.19. The molecule has 6 heteroatoms. The molecule has 1 amide bonds. The van der Waals surface area contributed by atoms with Gasteiger partial charge in [0.2, 0.25) is 11.8 Å². The molecule has 2 heterocycles. The van der Waals surface area contributed by atoms with E-state index in [9.17, 15) is 4.79 Å². The summed E-state index contributed by atoms with van der Waals surface area (Å²) < 4.78 is 4.90. The predicted octanol–water partition coefficient (Wildman–Crippen LogP) is 0.0753. The van der Waals surface area contributed by atoms with Crippen molar-refractivity contribution in [2.45, 2.75) is 26.3 Å². The topological polar surface area (TPSA) is 85.3 Å². The van der Waals surface area contributed by atoms with E-state index in [0.717, 1.165) is 19.4 Å². The summed E-state index contributed by atoms with van der Waals surface area (Å²) in [5.74, 6) is 0.983. The molecule has 16 heavy (non-hydrogen) atoms. The normalized spacial score (nSPS) is 22.2. The van der Waals surface area contributed by atoms with Gasteiger partial charge < -0.3 is 10.3 Å². The lowest BCUT2D eigenvalue weighted by Gasteiger charge is -2.29. The summed E-state index contributed by atoms with van der Waals surface area (Å²) in [7, 11) is 0. The lowest BCUT2D eigenvalue weighted by molar-refractivity contribution is -0.123. The highest BCUT2D eigenvalue weighted by molar-refractivity contribution is 5.76. The van der Waals surface area contributed by atoms with E-state index in [-0.39, 0.29) is 11.8 Å². The highest BCUT2D eigenvalue weighted by Gasteiger charge is 2.24. The van der Waals surface area contributed by atoms with Crippen molar-refractivity contribution in [2.24, 2.45) is 11.7 Å². The Balaban J connectivity index is 1.92. The van der Waals surface area contributed by atoms with Crippen molar-refractivity contribution in [1.82, 2.24) is 15.0 Å². The smallest absolute Gasteiger partial charge is 0.223 e. The van der Waals surface area contributed by atoms with Crippen LogP contribution in [0.2, 0.25) is 0 Å². The molecule has 1 unspecified atom stereocenters. The maximum absolute atomic E-state index is 11.1. The predicted molar refractivity (Wildman–Crippen MR) is 56.2 cm³/mol.